The van der Waals surface area contributed by atoms with E-state index < -0.39 is 0 Å². The number of halogens is 2. The fourth-order valence-electron chi connectivity index (χ4n) is 2.07. The Hall–Kier alpha value is -1.85. The van der Waals surface area contributed by atoms with Crippen molar-refractivity contribution in [3.05, 3.63) is 63.6 Å². The minimum absolute atomic E-state index is 0.177. The molecule has 0 bridgehead atoms. The third-order valence-corrected chi connectivity index (χ3v) is 4.29. The van der Waals surface area contributed by atoms with E-state index in [1.165, 1.54) is 0 Å². The summed E-state index contributed by atoms with van der Waals surface area (Å²) in [6.07, 6.45) is 0.640. The largest absolute Gasteiger partial charge is 0.374 e. The lowest BCUT2D eigenvalue weighted by Crippen LogP contribution is -2.37. The molecule has 0 aromatic heterocycles. The normalized spacial score (nSPS) is 12.6. The van der Waals surface area contributed by atoms with Gasteiger partial charge in [-0.15, -0.1) is 0 Å². The number of benzene rings is 2. The van der Waals surface area contributed by atoms with E-state index in [2.05, 4.69) is 31.8 Å². The van der Waals surface area contributed by atoms with Crippen molar-refractivity contribution < 1.29 is 4.79 Å². The standard InChI is InChI=1S/C18H19BrClN3O/c1-3-17(21-16-10-8-15(20)9-11-16)18(24)23-22-12(2)13-4-6-14(19)7-5-13/h4-11,17,21H,3H2,1-2H3,(H,23,24)/b22-12+. The molecule has 24 heavy (non-hydrogen) atoms. The molecule has 4 nitrogen and oxygen atoms in total. The van der Waals surface area contributed by atoms with Crippen molar-refractivity contribution in [2.45, 2.75) is 26.3 Å². The molecular formula is C18H19BrClN3O. The summed E-state index contributed by atoms with van der Waals surface area (Å²) in [5.41, 5.74) is 5.17. The predicted octanol–water partition coefficient (Wildman–Crippen LogP) is 4.83. The van der Waals surface area contributed by atoms with E-state index in [0.29, 0.717) is 11.4 Å². The molecule has 0 saturated carbocycles. The van der Waals surface area contributed by atoms with Crippen LogP contribution >= 0.6 is 27.5 Å². The van der Waals surface area contributed by atoms with Crippen LogP contribution in [0.2, 0.25) is 5.02 Å². The van der Waals surface area contributed by atoms with E-state index in [1.807, 2.05) is 50.2 Å². The average Bonchev–Trinajstić information content (AvgIpc) is 2.59. The number of carbonyl (C=O) groups is 1. The van der Waals surface area contributed by atoms with Gasteiger partial charge in [-0.2, -0.15) is 5.10 Å². The van der Waals surface area contributed by atoms with Crippen molar-refractivity contribution in [1.82, 2.24) is 5.43 Å². The molecule has 0 aliphatic carbocycles. The molecule has 6 heteroatoms. The molecule has 0 heterocycles. The van der Waals surface area contributed by atoms with E-state index in [9.17, 15) is 4.79 Å². The summed E-state index contributed by atoms with van der Waals surface area (Å²) < 4.78 is 1.00. The van der Waals surface area contributed by atoms with Crippen LogP contribution in [0.25, 0.3) is 0 Å². The molecule has 2 N–H and O–H groups in total. The Morgan fingerprint density at radius 3 is 2.38 bits per heavy atom. The molecule has 2 aromatic carbocycles. The van der Waals surface area contributed by atoms with Crippen LogP contribution in [0.5, 0.6) is 0 Å². The Morgan fingerprint density at radius 1 is 1.17 bits per heavy atom. The summed E-state index contributed by atoms with van der Waals surface area (Å²) in [6.45, 7) is 3.80. The molecule has 2 aromatic rings. The van der Waals surface area contributed by atoms with Crippen LogP contribution in [0, 0.1) is 0 Å². The van der Waals surface area contributed by atoms with Crippen LogP contribution in [0.4, 0.5) is 5.69 Å². The van der Waals surface area contributed by atoms with E-state index in [4.69, 9.17) is 11.6 Å². The highest BCUT2D eigenvalue weighted by molar-refractivity contribution is 9.10. The second kappa shape index (κ2) is 8.85. The number of anilines is 1. The van der Waals surface area contributed by atoms with Gasteiger partial charge >= 0.3 is 0 Å². The maximum Gasteiger partial charge on any atom is 0.262 e. The fraction of sp³-hybridized carbons (Fsp3) is 0.222. The predicted molar refractivity (Wildman–Crippen MR) is 104 cm³/mol. The fourth-order valence-corrected chi connectivity index (χ4v) is 2.46. The molecule has 1 amide bonds. The SMILES string of the molecule is CCC(Nc1ccc(Cl)cc1)C(=O)N/N=C(\C)c1ccc(Br)cc1. The van der Waals surface area contributed by atoms with Gasteiger partial charge in [-0.05, 0) is 55.3 Å². The van der Waals surface area contributed by atoms with Gasteiger partial charge < -0.3 is 5.32 Å². The molecule has 1 unspecified atom stereocenters. The highest BCUT2D eigenvalue weighted by atomic mass is 79.9. The first-order chi connectivity index (χ1) is 11.5. The Kier molecular flexibility index (Phi) is 6.82. The van der Waals surface area contributed by atoms with Crippen molar-refractivity contribution in [2.75, 3.05) is 5.32 Å². The summed E-state index contributed by atoms with van der Waals surface area (Å²) >= 11 is 9.26. The van der Waals surface area contributed by atoms with Gasteiger partial charge in [-0.3, -0.25) is 4.79 Å². The van der Waals surface area contributed by atoms with Crippen molar-refractivity contribution in [3.63, 3.8) is 0 Å². The second-order valence-corrected chi connectivity index (χ2v) is 6.64. The van der Waals surface area contributed by atoms with Gasteiger partial charge in [0.25, 0.3) is 5.91 Å². The van der Waals surface area contributed by atoms with E-state index in [1.54, 1.807) is 12.1 Å². The highest BCUT2D eigenvalue weighted by Gasteiger charge is 2.15. The lowest BCUT2D eigenvalue weighted by molar-refractivity contribution is -0.121. The number of rotatable bonds is 6. The maximum atomic E-state index is 12.3. The molecule has 0 saturated heterocycles. The number of amides is 1. The van der Waals surface area contributed by atoms with Gasteiger partial charge in [0.05, 0.1) is 5.71 Å². The zero-order chi connectivity index (χ0) is 17.5. The smallest absolute Gasteiger partial charge is 0.262 e. The third-order valence-electron chi connectivity index (χ3n) is 3.51. The first-order valence-corrected chi connectivity index (χ1v) is 8.79. The average molecular weight is 409 g/mol. The number of carbonyl (C=O) groups excluding carboxylic acids is 1. The molecule has 1 atom stereocenters. The van der Waals surface area contributed by atoms with Gasteiger partial charge in [0, 0.05) is 15.2 Å². The molecule has 0 fully saturated rings. The topological polar surface area (TPSA) is 53.5 Å². The van der Waals surface area contributed by atoms with Gasteiger partial charge in [0.1, 0.15) is 6.04 Å². The molecule has 0 aliphatic heterocycles. The second-order valence-electron chi connectivity index (χ2n) is 5.29. The van der Waals surface area contributed by atoms with Crippen LogP contribution in [0.15, 0.2) is 58.1 Å². The quantitative estimate of drug-likeness (QED) is 0.531. The summed E-state index contributed by atoms with van der Waals surface area (Å²) in [4.78, 5) is 12.3. The van der Waals surface area contributed by atoms with Gasteiger partial charge in [0.2, 0.25) is 0 Å². The minimum atomic E-state index is -0.368. The van der Waals surface area contributed by atoms with E-state index in [-0.39, 0.29) is 11.9 Å². The molecule has 126 valence electrons. The van der Waals surface area contributed by atoms with Crippen molar-refractivity contribution in [1.29, 1.82) is 0 Å². The number of hydrogen-bond donors (Lipinski definition) is 2. The molecule has 2 rings (SSSR count). The Bertz CT molecular complexity index is 714. The minimum Gasteiger partial charge on any atom is -0.374 e. The summed E-state index contributed by atoms with van der Waals surface area (Å²) in [5, 5.41) is 8.03. The number of hydrazone groups is 1. The van der Waals surface area contributed by atoms with Gasteiger partial charge in [-0.1, -0.05) is 46.6 Å². The summed E-state index contributed by atoms with van der Waals surface area (Å²) in [6, 6.07) is 14.6. The zero-order valence-electron chi connectivity index (χ0n) is 13.5. The molecular weight excluding hydrogens is 390 g/mol. The van der Waals surface area contributed by atoms with Crippen LogP contribution in [-0.4, -0.2) is 17.7 Å². The zero-order valence-corrected chi connectivity index (χ0v) is 15.9. The van der Waals surface area contributed by atoms with Crippen molar-refractivity contribution in [2.24, 2.45) is 5.10 Å². The maximum absolute atomic E-state index is 12.3. The third kappa shape index (κ3) is 5.35. The van der Waals surface area contributed by atoms with Crippen LogP contribution in [-0.2, 0) is 4.79 Å². The lowest BCUT2D eigenvalue weighted by atomic mass is 10.1. The monoisotopic (exact) mass is 407 g/mol. The van der Waals surface area contributed by atoms with Crippen molar-refractivity contribution >= 4 is 44.8 Å². The number of hydrogen-bond acceptors (Lipinski definition) is 3. The number of nitrogens with zero attached hydrogens (tertiary/aromatic N) is 1. The summed E-state index contributed by atoms with van der Waals surface area (Å²) in [7, 11) is 0. The Balaban J connectivity index is 1.99. The molecule has 0 spiro atoms. The first kappa shape index (κ1) is 18.5. The van der Waals surface area contributed by atoms with Crippen LogP contribution in [0.3, 0.4) is 0 Å². The van der Waals surface area contributed by atoms with Crippen molar-refractivity contribution in [3.8, 4) is 0 Å². The van der Waals surface area contributed by atoms with E-state index >= 15 is 0 Å². The molecule has 0 aliphatic rings. The molecule has 0 radical (unpaired) electrons. The highest BCUT2D eigenvalue weighted by Crippen LogP contribution is 2.15. The summed E-state index contributed by atoms with van der Waals surface area (Å²) in [5.74, 6) is -0.177. The van der Waals surface area contributed by atoms with Crippen LogP contribution in [0.1, 0.15) is 25.8 Å². The number of nitrogens with one attached hydrogen (secondary N) is 2. The van der Waals surface area contributed by atoms with Gasteiger partial charge in [0.15, 0.2) is 0 Å². The van der Waals surface area contributed by atoms with Crippen LogP contribution < -0.4 is 10.7 Å². The van der Waals surface area contributed by atoms with E-state index in [0.717, 1.165) is 21.4 Å². The van der Waals surface area contributed by atoms with Gasteiger partial charge in [-0.25, -0.2) is 5.43 Å². The Labute approximate surface area is 155 Å². The lowest BCUT2D eigenvalue weighted by Gasteiger charge is -2.16. The Morgan fingerprint density at radius 2 is 1.79 bits per heavy atom. The first-order valence-electron chi connectivity index (χ1n) is 7.61.